The van der Waals surface area contributed by atoms with Crippen LogP contribution < -0.4 is 4.74 Å². The van der Waals surface area contributed by atoms with Crippen molar-refractivity contribution in [1.29, 1.82) is 0 Å². The monoisotopic (exact) mass is 621 g/mol. The Balaban J connectivity index is 1.38. The first-order valence-corrected chi connectivity index (χ1v) is 15.9. The Hall–Kier alpha value is -4.76. The molecule has 3 aromatic carbocycles. The number of aromatic carboxylic acids is 1. The molecule has 3 heterocycles. The largest absolute Gasteiger partial charge is 0.494 e. The maximum absolute atomic E-state index is 14.5. The Morgan fingerprint density at radius 3 is 2.48 bits per heavy atom. The van der Waals surface area contributed by atoms with Crippen molar-refractivity contribution in [3.05, 3.63) is 83.7 Å². The van der Waals surface area contributed by atoms with Gasteiger partial charge in [-0.3, -0.25) is 4.79 Å². The van der Waals surface area contributed by atoms with Gasteiger partial charge >= 0.3 is 5.97 Å². The van der Waals surface area contributed by atoms with Gasteiger partial charge in [-0.2, -0.15) is 0 Å². The minimum absolute atomic E-state index is 0.0174. The van der Waals surface area contributed by atoms with Crippen molar-refractivity contribution in [2.24, 2.45) is 0 Å². The number of carboxylic acid groups (broad SMARTS) is 1. The number of nitrogens with zero attached hydrogens (tertiary/aromatic N) is 3. The number of carboxylic acids is 1. The number of halogens is 1. The number of morpholine rings is 1. The van der Waals surface area contributed by atoms with Crippen molar-refractivity contribution in [3.63, 3.8) is 0 Å². The van der Waals surface area contributed by atoms with E-state index in [1.807, 2.05) is 39.8 Å². The number of hydrogen-bond acceptors (Lipinski definition) is 5. The second kappa shape index (κ2) is 12.6. The lowest BCUT2D eigenvalue weighted by Crippen LogP contribution is -2.42. The van der Waals surface area contributed by atoms with E-state index in [9.17, 15) is 19.1 Å². The first kappa shape index (κ1) is 29.9. The van der Waals surface area contributed by atoms with Gasteiger partial charge in [0.1, 0.15) is 6.54 Å². The van der Waals surface area contributed by atoms with Crippen molar-refractivity contribution in [2.45, 2.75) is 44.6 Å². The van der Waals surface area contributed by atoms with Crippen LogP contribution in [0.4, 0.5) is 4.39 Å². The number of pyridine rings is 1. The van der Waals surface area contributed by atoms with Gasteiger partial charge in [0, 0.05) is 29.4 Å². The Morgan fingerprint density at radius 2 is 1.74 bits per heavy atom. The van der Waals surface area contributed by atoms with E-state index in [0.29, 0.717) is 43.5 Å². The third-order valence-corrected chi connectivity index (χ3v) is 9.43. The lowest BCUT2D eigenvalue weighted by molar-refractivity contribution is -0.135. The predicted molar refractivity (Wildman–Crippen MR) is 175 cm³/mol. The van der Waals surface area contributed by atoms with Gasteiger partial charge in [0.2, 0.25) is 5.91 Å². The van der Waals surface area contributed by atoms with Gasteiger partial charge in [0.05, 0.1) is 48.3 Å². The third kappa shape index (κ3) is 5.60. The number of carbonyl (C=O) groups is 2. The molecule has 1 saturated carbocycles. The quantitative estimate of drug-likeness (QED) is 0.205. The summed E-state index contributed by atoms with van der Waals surface area (Å²) in [5.41, 5.74) is 6.09. The minimum Gasteiger partial charge on any atom is -0.494 e. The van der Waals surface area contributed by atoms with Crippen molar-refractivity contribution in [2.75, 3.05) is 33.4 Å². The highest BCUT2D eigenvalue weighted by Crippen LogP contribution is 2.45. The molecule has 1 aliphatic heterocycles. The van der Waals surface area contributed by atoms with Gasteiger partial charge in [-0.05, 0) is 78.4 Å². The van der Waals surface area contributed by atoms with Crippen LogP contribution >= 0.6 is 0 Å². The molecule has 0 atom stereocenters. The van der Waals surface area contributed by atoms with E-state index in [0.717, 1.165) is 58.7 Å². The van der Waals surface area contributed by atoms with Crippen LogP contribution in [0.1, 0.15) is 53.9 Å². The fourth-order valence-electron chi connectivity index (χ4n) is 7.10. The lowest BCUT2D eigenvalue weighted by atomic mass is 9.81. The van der Waals surface area contributed by atoms with Crippen LogP contribution in [0.3, 0.4) is 0 Å². The molecule has 0 unspecified atom stereocenters. The van der Waals surface area contributed by atoms with Crippen LogP contribution in [0.15, 0.2) is 66.7 Å². The van der Waals surface area contributed by atoms with Gasteiger partial charge in [0.25, 0.3) is 0 Å². The Morgan fingerprint density at radius 1 is 0.957 bits per heavy atom. The molecule has 0 radical (unpaired) electrons. The second-order valence-corrected chi connectivity index (χ2v) is 12.2. The van der Waals surface area contributed by atoms with Crippen LogP contribution in [0.5, 0.6) is 5.75 Å². The van der Waals surface area contributed by atoms with Crippen LogP contribution in [0, 0.1) is 5.82 Å². The number of rotatable bonds is 7. The lowest BCUT2D eigenvalue weighted by Gasteiger charge is -2.28. The highest BCUT2D eigenvalue weighted by molar-refractivity contribution is 6.00. The number of carbonyl (C=O) groups excluding carboxylic acids is 1. The van der Waals surface area contributed by atoms with Gasteiger partial charge in [-0.25, -0.2) is 14.2 Å². The molecule has 0 spiro atoms. The number of methoxy groups -OCH3 is 1. The normalized spacial score (nSPS) is 15.8. The van der Waals surface area contributed by atoms with Gasteiger partial charge in [-0.15, -0.1) is 0 Å². The van der Waals surface area contributed by atoms with Gasteiger partial charge in [0.15, 0.2) is 11.6 Å². The number of aromatic nitrogens is 2. The molecule has 1 saturated heterocycles. The molecule has 1 aliphatic carbocycles. The molecule has 2 aliphatic rings. The van der Waals surface area contributed by atoms with E-state index in [4.69, 9.17) is 14.5 Å². The predicted octanol–water partition coefficient (Wildman–Crippen LogP) is 7.28. The van der Waals surface area contributed by atoms with Crippen molar-refractivity contribution < 1.29 is 28.6 Å². The van der Waals surface area contributed by atoms with Crippen molar-refractivity contribution in [3.8, 4) is 28.3 Å². The number of hydrogen-bond donors (Lipinski definition) is 1. The standard InChI is InChI=1S/C37H36FN3O5/c1-45-33-14-10-25(20-29(33)38)31-12-8-24-19-26(9-13-30(24)39-31)36-35(23-5-3-2-4-6-23)28-11-7-27(37(43)44)21-32(28)41(36)22-34(42)40-15-17-46-18-16-40/h7-14,19-21,23H,2-6,15-18,22H2,1H3,(H,43,44). The summed E-state index contributed by atoms with van der Waals surface area (Å²) in [6.07, 6.45) is 5.55. The zero-order valence-corrected chi connectivity index (χ0v) is 25.8. The highest BCUT2D eigenvalue weighted by Gasteiger charge is 2.29. The van der Waals surface area contributed by atoms with Crippen LogP contribution in [-0.4, -0.2) is 64.8 Å². The maximum Gasteiger partial charge on any atom is 0.335 e. The zero-order valence-electron chi connectivity index (χ0n) is 25.8. The number of fused-ring (bicyclic) bond motifs is 2. The fourth-order valence-corrected chi connectivity index (χ4v) is 7.10. The van der Waals surface area contributed by atoms with Crippen LogP contribution in [-0.2, 0) is 16.1 Å². The molecule has 0 bridgehead atoms. The third-order valence-electron chi connectivity index (χ3n) is 9.43. The van der Waals surface area contributed by atoms with Gasteiger partial charge in [-0.1, -0.05) is 37.5 Å². The zero-order chi connectivity index (χ0) is 31.8. The molecule has 2 aromatic heterocycles. The minimum atomic E-state index is -1.00. The highest BCUT2D eigenvalue weighted by atomic mass is 19.1. The first-order valence-electron chi connectivity index (χ1n) is 15.9. The molecular formula is C37H36FN3O5. The van der Waals surface area contributed by atoms with E-state index in [1.165, 1.54) is 25.2 Å². The summed E-state index contributed by atoms with van der Waals surface area (Å²) in [6, 6.07) is 20.1. The van der Waals surface area contributed by atoms with E-state index in [-0.39, 0.29) is 23.8 Å². The molecule has 1 amide bonds. The number of benzene rings is 3. The smallest absolute Gasteiger partial charge is 0.335 e. The molecule has 9 heteroatoms. The van der Waals surface area contributed by atoms with Crippen molar-refractivity contribution in [1.82, 2.24) is 14.5 Å². The summed E-state index contributed by atoms with van der Waals surface area (Å²) in [4.78, 5) is 32.5. The SMILES string of the molecule is COc1ccc(-c2ccc3cc(-c4c(C5CCCCC5)c5ccc(C(=O)O)cc5n4CC(=O)N4CCOCC4)ccc3n2)cc1F. The van der Waals surface area contributed by atoms with E-state index in [2.05, 4.69) is 6.07 Å². The van der Waals surface area contributed by atoms with Crippen LogP contribution in [0.2, 0.25) is 0 Å². The number of ether oxygens (including phenoxy) is 2. The summed E-state index contributed by atoms with van der Waals surface area (Å²) in [7, 11) is 1.44. The average molecular weight is 622 g/mol. The van der Waals surface area contributed by atoms with Gasteiger partial charge < -0.3 is 24.0 Å². The Kier molecular flexibility index (Phi) is 8.17. The summed E-state index contributed by atoms with van der Waals surface area (Å²) < 4.78 is 27.1. The summed E-state index contributed by atoms with van der Waals surface area (Å²) in [5.74, 6) is -0.989. The average Bonchev–Trinajstić information content (AvgIpc) is 3.41. The Bertz CT molecular complexity index is 1960. The van der Waals surface area contributed by atoms with E-state index >= 15 is 0 Å². The summed E-state index contributed by atoms with van der Waals surface area (Å²) >= 11 is 0. The number of amides is 1. The molecule has 1 N–H and O–H groups in total. The van der Waals surface area contributed by atoms with Crippen LogP contribution in [0.25, 0.3) is 44.3 Å². The van der Waals surface area contributed by atoms with E-state index < -0.39 is 11.8 Å². The second-order valence-electron chi connectivity index (χ2n) is 12.2. The fraction of sp³-hybridized carbons (Fsp3) is 0.324. The maximum atomic E-state index is 14.5. The molecule has 8 nitrogen and oxygen atoms in total. The molecular weight excluding hydrogens is 585 g/mol. The summed E-state index contributed by atoms with van der Waals surface area (Å²) in [6.45, 7) is 2.17. The molecule has 2 fully saturated rings. The summed E-state index contributed by atoms with van der Waals surface area (Å²) in [5, 5.41) is 11.8. The molecule has 236 valence electrons. The topological polar surface area (TPSA) is 93.9 Å². The molecule has 7 rings (SSSR count). The molecule has 46 heavy (non-hydrogen) atoms. The first-order chi connectivity index (χ1) is 22.4. The Labute approximate surface area is 266 Å². The molecule has 5 aromatic rings. The van der Waals surface area contributed by atoms with E-state index in [1.54, 1.807) is 24.3 Å². The van der Waals surface area contributed by atoms with Crippen molar-refractivity contribution >= 4 is 33.7 Å².